The minimum atomic E-state index is -0.0710. The van der Waals surface area contributed by atoms with Crippen molar-refractivity contribution in [1.29, 1.82) is 0 Å². The first kappa shape index (κ1) is 23.3. The lowest BCUT2D eigenvalue weighted by molar-refractivity contribution is 0.0499. The average molecular weight is 476 g/mol. The third kappa shape index (κ3) is 4.88. The molecule has 0 radical (unpaired) electrons. The number of fused-ring (bicyclic) bond motifs is 1. The van der Waals surface area contributed by atoms with Crippen LogP contribution in [-0.2, 0) is 26.3 Å². The van der Waals surface area contributed by atoms with Crippen molar-refractivity contribution in [1.82, 2.24) is 24.7 Å². The van der Waals surface area contributed by atoms with E-state index in [0.717, 1.165) is 56.2 Å². The van der Waals surface area contributed by atoms with E-state index in [2.05, 4.69) is 22.4 Å². The Hall–Kier alpha value is -3.42. The number of benzene rings is 1. The molecule has 8 heteroatoms. The Labute approximate surface area is 205 Å². The maximum Gasteiger partial charge on any atom is 0.292 e. The van der Waals surface area contributed by atoms with Crippen molar-refractivity contribution in [2.24, 2.45) is 13.0 Å². The molecule has 8 nitrogen and oxygen atoms in total. The van der Waals surface area contributed by atoms with Crippen molar-refractivity contribution in [3.05, 3.63) is 70.9 Å². The van der Waals surface area contributed by atoms with Gasteiger partial charge in [-0.2, -0.15) is 5.10 Å². The average Bonchev–Trinajstić information content (AvgIpc) is 3.53. The van der Waals surface area contributed by atoms with Gasteiger partial charge in [-0.25, -0.2) is 0 Å². The number of carbonyl (C=O) groups is 2. The molecule has 2 aromatic heterocycles. The van der Waals surface area contributed by atoms with Crippen LogP contribution in [-0.4, -0.2) is 62.7 Å². The van der Waals surface area contributed by atoms with E-state index in [4.69, 9.17) is 4.52 Å². The van der Waals surface area contributed by atoms with Gasteiger partial charge in [0.05, 0.1) is 5.69 Å². The Balaban J connectivity index is 1.30. The number of amides is 2. The van der Waals surface area contributed by atoms with Crippen LogP contribution in [0.2, 0.25) is 0 Å². The van der Waals surface area contributed by atoms with Crippen molar-refractivity contribution < 1.29 is 14.1 Å². The van der Waals surface area contributed by atoms with Crippen molar-refractivity contribution in [2.45, 2.75) is 51.0 Å². The van der Waals surface area contributed by atoms with Gasteiger partial charge in [0.15, 0.2) is 0 Å². The zero-order chi connectivity index (χ0) is 24.4. The third-order valence-corrected chi connectivity index (χ3v) is 7.56. The summed E-state index contributed by atoms with van der Waals surface area (Å²) in [6, 6.07) is 12.1. The summed E-state index contributed by atoms with van der Waals surface area (Å²) >= 11 is 0. The number of aromatic nitrogens is 3. The number of likely N-dealkylation sites (N-methyl/N-ethyl adjacent to an activating group) is 1. The SMILES string of the molecule is CN(C(=O)c1ccn(C)n1)[C@H](Cc1ccccc1)C1CCN(C(=O)c2onc3c2CCCC3)CC1. The van der Waals surface area contributed by atoms with Gasteiger partial charge >= 0.3 is 0 Å². The highest BCUT2D eigenvalue weighted by Crippen LogP contribution is 2.30. The van der Waals surface area contributed by atoms with Crippen LogP contribution in [0.15, 0.2) is 47.1 Å². The van der Waals surface area contributed by atoms with Gasteiger partial charge in [0.2, 0.25) is 5.76 Å². The molecule has 3 heterocycles. The summed E-state index contributed by atoms with van der Waals surface area (Å²) in [6.07, 6.45) is 8.17. The van der Waals surface area contributed by atoms with Crippen molar-refractivity contribution in [3.8, 4) is 0 Å². The van der Waals surface area contributed by atoms with Crippen molar-refractivity contribution in [2.75, 3.05) is 20.1 Å². The summed E-state index contributed by atoms with van der Waals surface area (Å²) in [4.78, 5) is 30.3. The van der Waals surface area contributed by atoms with Crippen LogP contribution in [0.5, 0.6) is 0 Å². The fourth-order valence-electron chi connectivity index (χ4n) is 5.53. The van der Waals surface area contributed by atoms with Gasteiger partial charge in [-0.1, -0.05) is 35.5 Å². The molecule has 0 unspecified atom stereocenters. The molecule has 1 saturated heterocycles. The van der Waals surface area contributed by atoms with Gasteiger partial charge in [0, 0.05) is 45.0 Å². The van der Waals surface area contributed by atoms with Crippen LogP contribution in [0.3, 0.4) is 0 Å². The van der Waals surface area contributed by atoms with Crippen LogP contribution < -0.4 is 0 Å². The molecule has 1 aliphatic heterocycles. The first-order valence-electron chi connectivity index (χ1n) is 12.6. The number of hydrogen-bond donors (Lipinski definition) is 0. The molecule has 0 N–H and O–H groups in total. The molecular formula is C27H33N5O3. The lowest BCUT2D eigenvalue weighted by Gasteiger charge is -2.39. The molecule has 0 bridgehead atoms. The number of piperidine rings is 1. The number of rotatable bonds is 6. The maximum absolute atomic E-state index is 13.3. The van der Waals surface area contributed by atoms with E-state index in [0.29, 0.717) is 24.5 Å². The molecule has 1 aromatic carbocycles. The Morgan fingerprint density at radius 1 is 1.11 bits per heavy atom. The van der Waals surface area contributed by atoms with Crippen LogP contribution in [0, 0.1) is 5.92 Å². The van der Waals surface area contributed by atoms with Gasteiger partial charge in [-0.3, -0.25) is 14.3 Å². The highest BCUT2D eigenvalue weighted by atomic mass is 16.5. The van der Waals surface area contributed by atoms with Crippen LogP contribution in [0.1, 0.15) is 63.5 Å². The lowest BCUT2D eigenvalue weighted by atomic mass is 9.84. The lowest BCUT2D eigenvalue weighted by Crippen LogP contribution is -2.48. The summed E-state index contributed by atoms with van der Waals surface area (Å²) < 4.78 is 7.16. The normalized spacial score (nSPS) is 17.1. The highest BCUT2D eigenvalue weighted by Gasteiger charge is 2.35. The second-order valence-corrected chi connectivity index (χ2v) is 9.82. The maximum atomic E-state index is 13.3. The minimum absolute atomic E-state index is 0.0159. The molecule has 2 amide bonds. The number of likely N-dealkylation sites (tertiary alicyclic amines) is 1. The Morgan fingerprint density at radius 3 is 2.57 bits per heavy atom. The smallest absolute Gasteiger partial charge is 0.292 e. The van der Waals surface area contributed by atoms with E-state index in [1.807, 2.05) is 42.1 Å². The molecule has 35 heavy (non-hydrogen) atoms. The molecule has 184 valence electrons. The van der Waals surface area contributed by atoms with E-state index in [-0.39, 0.29) is 23.8 Å². The van der Waals surface area contributed by atoms with Gasteiger partial charge < -0.3 is 14.3 Å². The largest absolute Gasteiger partial charge is 0.350 e. The van der Waals surface area contributed by atoms with Crippen LogP contribution >= 0.6 is 0 Å². The number of carbonyl (C=O) groups excluding carboxylic acids is 2. The van der Waals surface area contributed by atoms with Gasteiger partial charge in [0.25, 0.3) is 11.8 Å². The van der Waals surface area contributed by atoms with E-state index in [9.17, 15) is 9.59 Å². The topological polar surface area (TPSA) is 84.5 Å². The van der Waals surface area contributed by atoms with Crippen LogP contribution in [0.25, 0.3) is 0 Å². The van der Waals surface area contributed by atoms with E-state index < -0.39 is 0 Å². The van der Waals surface area contributed by atoms with Gasteiger partial charge in [-0.15, -0.1) is 0 Å². The van der Waals surface area contributed by atoms with Crippen molar-refractivity contribution in [3.63, 3.8) is 0 Å². The van der Waals surface area contributed by atoms with E-state index in [1.165, 1.54) is 5.56 Å². The molecule has 3 aromatic rings. The molecule has 1 fully saturated rings. The predicted octanol–water partition coefficient (Wildman–Crippen LogP) is 3.52. The third-order valence-electron chi connectivity index (χ3n) is 7.56. The first-order valence-corrected chi connectivity index (χ1v) is 12.6. The fourth-order valence-corrected chi connectivity index (χ4v) is 5.53. The standard InChI is InChI=1S/C27H33N5O3/c1-30-15-14-23(28-30)26(33)31(2)24(18-19-8-4-3-5-9-19)20-12-16-32(17-13-20)27(34)25-21-10-6-7-11-22(21)29-35-25/h3-5,8-9,14-15,20,24H,6-7,10-13,16-18H2,1-2H3/t24-/m1/s1. The molecule has 5 rings (SSSR count). The summed E-state index contributed by atoms with van der Waals surface area (Å²) in [7, 11) is 3.69. The molecule has 0 spiro atoms. The predicted molar refractivity (Wildman–Crippen MR) is 131 cm³/mol. The minimum Gasteiger partial charge on any atom is -0.350 e. The Morgan fingerprint density at radius 2 is 1.86 bits per heavy atom. The van der Waals surface area contributed by atoms with Gasteiger partial charge in [0.1, 0.15) is 5.69 Å². The molecule has 1 aliphatic carbocycles. The quantitative estimate of drug-likeness (QED) is 0.545. The van der Waals surface area contributed by atoms with Gasteiger partial charge in [-0.05, 0) is 62.5 Å². The van der Waals surface area contributed by atoms with Crippen LogP contribution in [0.4, 0.5) is 0 Å². The second kappa shape index (κ2) is 10.1. The molecule has 0 saturated carbocycles. The monoisotopic (exact) mass is 475 g/mol. The summed E-state index contributed by atoms with van der Waals surface area (Å²) in [5, 5.41) is 8.48. The van der Waals surface area contributed by atoms with E-state index >= 15 is 0 Å². The Kier molecular flexibility index (Phi) is 6.70. The number of aryl methyl sites for hydroxylation is 2. The highest BCUT2D eigenvalue weighted by molar-refractivity contribution is 5.93. The second-order valence-electron chi connectivity index (χ2n) is 9.82. The summed E-state index contributed by atoms with van der Waals surface area (Å²) in [6.45, 7) is 1.30. The number of hydrogen-bond acceptors (Lipinski definition) is 5. The first-order chi connectivity index (χ1) is 17.0. The van der Waals surface area contributed by atoms with Crippen molar-refractivity contribution >= 4 is 11.8 Å². The molecule has 1 atom stereocenters. The zero-order valence-corrected chi connectivity index (χ0v) is 20.5. The number of nitrogens with zero attached hydrogens (tertiary/aromatic N) is 5. The molecule has 2 aliphatic rings. The summed E-state index contributed by atoms with van der Waals surface area (Å²) in [5.41, 5.74) is 3.61. The zero-order valence-electron chi connectivity index (χ0n) is 20.5. The Bertz CT molecular complexity index is 1180. The fraction of sp³-hybridized carbons (Fsp3) is 0.481. The molecular weight excluding hydrogens is 442 g/mol. The van der Waals surface area contributed by atoms with E-state index in [1.54, 1.807) is 16.9 Å². The summed E-state index contributed by atoms with van der Waals surface area (Å²) in [5.74, 6) is 0.594.